The van der Waals surface area contributed by atoms with Crippen LogP contribution in [0.5, 0.6) is 0 Å². The number of rotatable bonds is 5. The van der Waals surface area contributed by atoms with Gasteiger partial charge >= 0.3 is 5.97 Å². The molecule has 2 amide bonds. The maximum atomic E-state index is 12.0. The normalized spacial score (nSPS) is 14.0. The van der Waals surface area contributed by atoms with Crippen molar-refractivity contribution in [2.45, 2.75) is 36.1 Å². The monoisotopic (exact) mass is 356 g/mol. The molecular formula is C18H16N2O4S. The van der Waals surface area contributed by atoms with Crippen molar-refractivity contribution in [3.8, 4) is 0 Å². The fourth-order valence-electron chi connectivity index (χ4n) is 2.34. The summed E-state index contributed by atoms with van der Waals surface area (Å²) in [5.74, 6) is -1.59. The summed E-state index contributed by atoms with van der Waals surface area (Å²) in [5, 5.41) is 1.43. The Bertz CT molecular complexity index is 807. The molecule has 0 bridgehead atoms. The van der Waals surface area contributed by atoms with E-state index in [1.165, 1.54) is 11.8 Å². The van der Waals surface area contributed by atoms with Gasteiger partial charge in [0.25, 0.3) is 11.8 Å². The molecule has 0 atom stereocenters. The second-order valence-corrected chi connectivity index (χ2v) is 6.65. The Kier molecular flexibility index (Phi) is 5.14. The van der Waals surface area contributed by atoms with Crippen LogP contribution in [0.15, 0.2) is 52.5 Å². The smallest absolute Gasteiger partial charge is 0.330 e. The van der Waals surface area contributed by atoms with Crippen molar-refractivity contribution >= 4 is 29.5 Å². The van der Waals surface area contributed by atoms with Crippen molar-refractivity contribution in [3.63, 3.8) is 0 Å². The summed E-state index contributed by atoms with van der Waals surface area (Å²) in [5.41, 5.74) is 1.81. The minimum Gasteiger partial charge on any atom is -0.330 e. The third-order valence-corrected chi connectivity index (χ3v) is 4.76. The van der Waals surface area contributed by atoms with Crippen molar-refractivity contribution in [1.29, 1.82) is 0 Å². The molecule has 1 aromatic carbocycles. The Morgan fingerprint density at radius 3 is 2.64 bits per heavy atom. The number of aromatic nitrogens is 1. The molecule has 1 fully saturated rings. The van der Waals surface area contributed by atoms with E-state index in [-0.39, 0.29) is 19.3 Å². The highest BCUT2D eigenvalue weighted by molar-refractivity contribution is 7.99. The van der Waals surface area contributed by atoms with Crippen LogP contribution >= 0.6 is 11.8 Å². The standard InChI is InChI=1S/C18H16N2O4S/c1-12-5-6-13(10-14(12)25-15-4-2-3-9-19-15)11-18(23)24-20-16(21)7-8-17(20)22/h2-6,9-10H,7-8,11H2,1H3. The first kappa shape index (κ1) is 17.2. The van der Waals surface area contributed by atoms with E-state index in [1.807, 2.05) is 43.3 Å². The highest BCUT2D eigenvalue weighted by atomic mass is 32.2. The lowest BCUT2D eigenvalue weighted by Crippen LogP contribution is -2.32. The molecule has 1 aliphatic heterocycles. The van der Waals surface area contributed by atoms with Crippen LogP contribution in [0, 0.1) is 6.92 Å². The SMILES string of the molecule is Cc1ccc(CC(=O)ON2C(=O)CCC2=O)cc1Sc1ccccn1. The Labute approximate surface area is 149 Å². The Balaban J connectivity index is 1.68. The highest BCUT2D eigenvalue weighted by Crippen LogP contribution is 2.29. The van der Waals surface area contributed by atoms with Gasteiger partial charge in [-0.3, -0.25) is 9.59 Å². The largest absolute Gasteiger partial charge is 0.337 e. The molecule has 6 nitrogen and oxygen atoms in total. The van der Waals surface area contributed by atoms with Crippen LogP contribution < -0.4 is 0 Å². The molecule has 0 aliphatic carbocycles. The molecule has 128 valence electrons. The molecule has 25 heavy (non-hydrogen) atoms. The summed E-state index contributed by atoms with van der Waals surface area (Å²) >= 11 is 1.51. The third-order valence-electron chi connectivity index (χ3n) is 3.65. The van der Waals surface area contributed by atoms with Crippen molar-refractivity contribution in [2.24, 2.45) is 0 Å². The second-order valence-electron chi connectivity index (χ2n) is 5.59. The van der Waals surface area contributed by atoms with E-state index >= 15 is 0 Å². The summed E-state index contributed by atoms with van der Waals surface area (Å²) in [7, 11) is 0. The summed E-state index contributed by atoms with van der Waals surface area (Å²) in [4.78, 5) is 45.2. The minimum absolute atomic E-state index is 0.0207. The van der Waals surface area contributed by atoms with Crippen LogP contribution in [0.2, 0.25) is 0 Å². The van der Waals surface area contributed by atoms with Gasteiger partial charge in [0.05, 0.1) is 6.42 Å². The predicted octanol–water partition coefficient (Wildman–Crippen LogP) is 2.69. The molecule has 1 aliphatic rings. The summed E-state index contributed by atoms with van der Waals surface area (Å²) < 4.78 is 0. The van der Waals surface area contributed by atoms with Crippen LogP contribution in [-0.4, -0.2) is 27.8 Å². The first-order valence-corrected chi connectivity index (χ1v) is 8.59. The van der Waals surface area contributed by atoms with Gasteiger partial charge in [0, 0.05) is 23.9 Å². The zero-order chi connectivity index (χ0) is 17.8. The molecule has 2 aromatic rings. The van der Waals surface area contributed by atoms with E-state index < -0.39 is 17.8 Å². The minimum atomic E-state index is -0.638. The molecule has 0 radical (unpaired) electrons. The molecule has 0 saturated carbocycles. The van der Waals surface area contributed by atoms with Crippen LogP contribution in [-0.2, 0) is 25.6 Å². The second kappa shape index (κ2) is 7.48. The van der Waals surface area contributed by atoms with Gasteiger partial charge in [-0.2, -0.15) is 0 Å². The first-order chi connectivity index (χ1) is 12.0. The summed E-state index contributed by atoms with van der Waals surface area (Å²) in [6.07, 6.45) is 1.87. The van der Waals surface area contributed by atoms with E-state index in [0.717, 1.165) is 21.0 Å². The number of pyridine rings is 1. The van der Waals surface area contributed by atoms with Crippen molar-refractivity contribution in [2.75, 3.05) is 0 Å². The molecule has 0 unspecified atom stereocenters. The molecular weight excluding hydrogens is 340 g/mol. The first-order valence-electron chi connectivity index (χ1n) is 7.78. The number of aryl methyl sites for hydroxylation is 1. The molecule has 2 heterocycles. The average molecular weight is 356 g/mol. The molecule has 0 N–H and O–H groups in total. The van der Waals surface area contributed by atoms with Gasteiger partial charge < -0.3 is 4.84 Å². The number of imide groups is 1. The summed E-state index contributed by atoms with van der Waals surface area (Å²) in [6, 6.07) is 11.3. The van der Waals surface area contributed by atoms with Crippen molar-refractivity contribution in [1.82, 2.24) is 10.0 Å². The molecule has 0 spiro atoms. The maximum Gasteiger partial charge on any atom is 0.337 e. The van der Waals surface area contributed by atoms with Gasteiger partial charge in [0.15, 0.2) is 0 Å². The number of amides is 2. The number of hydroxylamine groups is 2. The topological polar surface area (TPSA) is 76.6 Å². The lowest BCUT2D eigenvalue weighted by molar-refractivity contribution is -0.197. The van der Waals surface area contributed by atoms with E-state index in [0.29, 0.717) is 5.06 Å². The Morgan fingerprint density at radius 1 is 1.20 bits per heavy atom. The number of nitrogens with zero attached hydrogens (tertiary/aromatic N) is 2. The lowest BCUT2D eigenvalue weighted by Gasteiger charge is -2.13. The number of hydrogen-bond acceptors (Lipinski definition) is 6. The van der Waals surface area contributed by atoms with Crippen molar-refractivity contribution in [3.05, 3.63) is 53.7 Å². The van der Waals surface area contributed by atoms with Crippen molar-refractivity contribution < 1.29 is 19.2 Å². The molecule has 1 saturated heterocycles. The Morgan fingerprint density at radius 2 is 1.96 bits per heavy atom. The summed E-state index contributed by atoms with van der Waals surface area (Å²) in [6.45, 7) is 1.98. The molecule has 7 heteroatoms. The fourth-order valence-corrected chi connectivity index (χ4v) is 3.27. The number of benzene rings is 1. The maximum absolute atomic E-state index is 12.0. The van der Waals surface area contributed by atoms with E-state index in [1.54, 1.807) is 6.20 Å². The van der Waals surface area contributed by atoms with E-state index in [9.17, 15) is 14.4 Å². The lowest BCUT2D eigenvalue weighted by atomic mass is 10.1. The average Bonchev–Trinajstić information content (AvgIpc) is 2.91. The van der Waals surface area contributed by atoms with Gasteiger partial charge in [-0.1, -0.05) is 30.0 Å². The fraction of sp³-hybridized carbons (Fsp3) is 0.222. The zero-order valence-corrected chi connectivity index (χ0v) is 14.4. The van der Waals surface area contributed by atoms with Gasteiger partial charge in [-0.25, -0.2) is 9.78 Å². The van der Waals surface area contributed by atoms with Crippen LogP contribution in [0.3, 0.4) is 0 Å². The quantitative estimate of drug-likeness (QED) is 0.767. The predicted molar refractivity (Wildman–Crippen MR) is 90.4 cm³/mol. The van der Waals surface area contributed by atoms with Crippen LogP contribution in [0.1, 0.15) is 24.0 Å². The van der Waals surface area contributed by atoms with E-state index in [4.69, 9.17) is 4.84 Å². The number of carbonyl (C=O) groups excluding carboxylic acids is 3. The third kappa shape index (κ3) is 4.24. The van der Waals surface area contributed by atoms with Crippen LogP contribution in [0.25, 0.3) is 0 Å². The van der Waals surface area contributed by atoms with Gasteiger partial charge in [-0.05, 0) is 36.2 Å². The number of carbonyl (C=O) groups is 3. The van der Waals surface area contributed by atoms with E-state index in [2.05, 4.69) is 4.98 Å². The molecule has 3 rings (SSSR count). The highest BCUT2D eigenvalue weighted by Gasteiger charge is 2.32. The Hall–Kier alpha value is -2.67. The van der Waals surface area contributed by atoms with Gasteiger partial charge in [0.1, 0.15) is 5.03 Å². The van der Waals surface area contributed by atoms with Crippen LogP contribution in [0.4, 0.5) is 0 Å². The van der Waals surface area contributed by atoms with Gasteiger partial charge in [0.2, 0.25) is 0 Å². The van der Waals surface area contributed by atoms with Gasteiger partial charge in [-0.15, -0.1) is 5.06 Å². The zero-order valence-electron chi connectivity index (χ0n) is 13.6. The molecule has 1 aromatic heterocycles. The number of hydrogen-bond donors (Lipinski definition) is 0.